The molecule has 0 bridgehead atoms. The van der Waals surface area contributed by atoms with Gasteiger partial charge in [-0.3, -0.25) is 0 Å². The molecule has 0 aromatic rings. The average Bonchev–Trinajstić information content (AvgIpc) is 1.61. The molecule has 2 N–H and O–H groups in total. The van der Waals surface area contributed by atoms with Gasteiger partial charge in [0.25, 0.3) is 0 Å². The SMILES string of the molecule is NCOCCF. The lowest BCUT2D eigenvalue weighted by molar-refractivity contribution is 0.125. The molecule has 2 nitrogen and oxygen atoms in total. The van der Waals surface area contributed by atoms with Crippen LogP contribution in [-0.4, -0.2) is 20.0 Å². The van der Waals surface area contributed by atoms with Crippen LogP contribution < -0.4 is 5.73 Å². The molecule has 0 aromatic carbocycles. The average molecular weight is 93.1 g/mol. The number of hydrogen-bond acceptors (Lipinski definition) is 2. The van der Waals surface area contributed by atoms with Crippen molar-refractivity contribution in [1.29, 1.82) is 0 Å². The van der Waals surface area contributed by atoms with Gasteiger partial charge in [0.2, 0.25) is 0 Å². The summed E-state index contributed by atoms with van der Waals surface area (Å²) in [7, 11) is 0. The third-order valence-electron chi connectivity index (χ3n) is 0.339. The highest BCUT2D eigenvalue weighted by molar-refractivity contribution is 4.18. The van der Waals surface area contributed by atoms with Crippen molar-refractivity contribution in [3.8, 4) is 0 Å². The van der Waals surface area contributed by atoms with Crippen LogP contribution in [0.1, 0.15) is 0 Å². The lowest BCUT2D eigenvalue weighted by Crippen LogP contribution is -2.05. The van der Waals surface area contributed by atoms with Gasteiger partial charge in [0.1, 0.15) is 6.67 Å². The number of hydrogen-bond donors (Lipinski definition) is 1. The second-order valence-corrected chi connectivity index (χ2v) is 0.764. The summed E-state index contributed by atoms with van der Waals surface area (Å²) in [5.41, 5.74) is 4.83. The Hall–Kier alpha value is -0.150. The van der Waals surface area contributed by atoms with Crippen LogP contribution in [0, 0.1) is 0 Å². The summed E-state index contributed by atoms with van der Waals surface area (Å²) in [6.07, 6.45) is 0. The third-order valence-corrected chi connectivity index (χ3v) is 0.339. The smallest absolute Gasteiger partial charge is 0.113 e. The van der Waals surface area contributed by atoms with Gasteiger partial charge in [-0.05, 0) is 0 Å². The molecule has 38 valence electrons. The third kappa shape index (κ3) is 3.85. The van der Waals surface area contributed by atoms with E-state index in [0.717, 1.165) is 0 Å². The molecule has 0 spiro atoms. The fraction of sp³-hybridized carbons (Fsp3) is 1.00. The summed E-state index contributed by atoms with van der Waals surface area (Å²) in [4.78, 5) is 0. The molecule has 0 radical (unpaired) electrons. The summed E-state index contributed by atoms with van der Waals surface area (Å²) >= 11 is 0. The lowest BCUT2D eigenvalue weighted by atomic mass is 10.8. The first-order valence-electron chi connectivity index (χ1n) is 1.75. The molecular formula is C3H8FNO. The maximum absolute atomic E-state index is 11.0. The first kappa shape index (κ1) is 5.85. The van der Waals surface area contributed by atoms with E-state index >= 15 is 0 Å². The molecule has 0 saturated heterocycles. The van der Waals surface area contributed by atoms with Crippen LogP contribution in [0.15, 0.2) is 0 Å². The van der Waals surface area contributed by atoms with E-state index in [1.807, 2.05) is 0 Å². The molecule has 0 atom stereocenters. The van der Waals surface area contributed by atoms with Gasteiger partial charge in [0, 0.05) is 0 Å². The van der Waals surface area contributed by atoms with E-state index in [1.165, 1.54) is 0 Å². The van der Waals surface area contributed by atoms with Crippen molar-refractivity contribution < 1.29 is 9.13 Å². The molecular weight excluding hydrogens is 85.0 g/mol. The fourth-order valence-corrected chi connectivity index (χ4v) is 0.138. The minimum absolute atomic E-state index is 0.115. The number of nitrogens with two attached hydrogens (primary N) is 1. The Balaban J connectivity index is 2.34. The first-order chi connectivity index (χ1) is 2.91. The van der Waals surface area contributed by atoms with Crippen molar-refractivity contribution in [3.05, 3.63) is 0 Å². The highest BCUT2D eigenvalue weighted by Crippen LogP contribution is 1.67. The Morgan fingerprint density at radius 2 is 2.33 bits per heavy atom. The van der Waals surface area contributed by atoms with E-state index in [-0.39, 0.29) is 13.3 Å². The Kier molecular flexibility index (Phi) is 4.73. The monoisotopic (exact) mass is 93.1 g/mol. The normalized spacial score (nSPS) is 9.00. The van der Waals surface area contributed by atoms with Crippen LogP contribution in [0.2, 0.25) is 0 Å². The van der Waals surface area contributed by atoms with Gasteiger partial charge < -0.3 is 10.5 Å². The molecule has 0 rings (SSSR count). The first-order valence-corrected chi connectivity index (χ1v) is 1.75. The molecule has 0 unspecified atom stereocenters. The second kappa shape index (κ2) is 4.85. The molecule has 0 amide bonds. The van der Waals surface area contributed by atoms with E-state index < -0.39 is 6.67 Å². The lowest BCUT2D eigenvalue weighted by Gasteiger charge is -1.89. The van der Waals surface area contributed by atoms with E-state index in [9.17, 15) is 4.39 Å². The summed E-state index contributed by atoms with van der Waals surface area (Å²) in [6.45, 7) is -0.211. The summed E-state index contributed by atoms with van der Waals surface area (Å²) in [5, 5.41) is 0. The van der Waals surface area contributed by atoms with Crippen molar-refractivity contribution in [2.75, 3.05) is 20.0 Å². The van der Waals surface area contributed by atoms with Gasteiger partial charge in [0.15, 0.2) is 0 Å². The number of alkyl halides is 1. The van der Waals surface area contributed by atoms with Gasteiger partial charge in [0.05, 0.1) is 13.3 Å². The predicted molar refractivity (Wildman–Crippen MR) is 21.0 cm³/mol. The molecule has 0 aliphatic carbocycles. The fourth-order valence-electron chi connectivity index (χ4n) is 0.138. The van der Waals surface area contributed by atoms with Crippen molar-refractivity contribution >= 4 is 0 Å². The highest BCUT2D eigenvalue weighted by atomic mass is 19.1. The summed E-state index contributed by atoms with van der Waals surface area (Å²) in [6, 6.07) is 0. The maximum atomic E-state index is 11.0. The Bertz CT molecular complexity index is 22.8. The van der Waals surface area contributed by atoms with Crippen molar-refractivity contribution in [2.45, 2.75) is 0 Å². The van der Waals surface area contributed by atoms with Crippen molar-refractivity contribution in [2.24, 2.45) is 5.73 Å². The number of halogens is 1. The molecule has 0 aromatic heterocycles. The van der Waals surface area contributed by atoms with Crippen LogP contribution in [0.25, 0.3) is 0 Å². The van der Waals surface area contributed by atoms with Crippen LogP contribution in [-0.2, 0) is 4.74 Å². The minimum Gasteiger partial charge on any atom is -0.364 e. The zero-order chi connectivity index (χ0) is 4.83. The largest absolute Gasteiger partial charge is 0.364 e. The topological polar surface area (TPSA) is 35.2 Å². The summed E-state index contributed by atoms with van der Waals surface area (Å²) < 4.78 is 15.4. The Labute approximate surface area is 36.1 Å². The standard InChI is InChI=1S/C3H8FNO/c4-1-2-6-3-5/h1-3,5H2. The quantitative estimate of drug-likeness (QED) is 0.390. The van der Waals surface area contributed by atoms with Gasteiger partial charge in [-0.2, -0.15) is 0 Å². The maximum Gasteiger partial charge on any atom is 0.113 e. The van der Waals surface area contributed by atoms with Crippen molar-refractivity contribution in [1.82, 2.24) is 0 Å². The van der Waals surface area contributed by atoms with Gasteiger partial charge in [-0.15, -0.1) is 0 Å². The Morgan fingerprint density at radius 1 is 1.67 bits per heavy atom. The molecule has 0 heterocycles. The highest BCUT2D eigenvalue weighted by Gasteiger charge is 1.75. The van der Waals surface area contributed by atoms with Gasteiger partial charge >= 0.3 is 0 Å². The predicted octanol–water partition coefficient (Wildman–Crippen LogP) is -0.111. The van der Waals surface area contributed by atoms with Gasteiger partial charge in [-0.1, -0.05) is 0 Å². The molecule has 0 aliphatic heterocycles. The van der Waals surface area contributed by atoms with Crippen LogP contribution >= 0.6 is 0 Å². The molecule has 0 fully saturated rings. The Morgan fingerprint density at radius 3 is 2.50 bits per heavy atom. The van der Waals surface area contributed by atoms with Crippen LogP contribution in [0.5, 0.6) is 0 Å². The van der Waals surface area contributed by atoms with Crippen LogP contribution in [0.3, 0.4) is 0 Å². The molecule has 0 saturated carbocycles. The number of ether oxygens (including phenoxy) is 1. The zero-order valence-electron chi connectivity index (χ0n) is 3.48. The van der Waals surface area contributed by atoms with Crippen LogP contribution in [0.4, 0.5) is 4.39 Å². The minimum atomic E-state index is -0.447. The second-order valence-electron chi connectivity index (χ2n) is 0.764. The van der Waals surface area contributed by atoms with E-state index in [4.69, 9.17) is 5.73 Å². The molecule has 6 heavy (non-hydrogen) atoms. The van der Waals surface area contributed by atoms with Gasteiger partial charge in [-0.25, -0.2) is 4.39 Å². The van der Waals surface area contributed by atoms with Crippen molar-refractivity contribution in [3.63, 3.8) is 0 Å². The van der Waals surface area contributed by atoms with E-state index in [1.54, 1.807) is 0 Å². The van der Waals surface area contributed by atoms with E-state index in [2.05, 4.69) is 4.74 Å². The number of rotatable bonds is 3. The molecule has 0 aliphatic rings. The zero-order valence-corrected chi connectivity index (χ0v) is 3.48. The summed E-state index contributed by atoms with van der Waals surface area (Å²) in [5.74, 6) is 0. The van der Waals surface area contributed by atoms with E-state index in [0.29, 0.717) is 0 Å². The molecule has 3 heteroatoms.